The number of carbonyl (C=O) groups excluding carboxylic acids is 1. The maximum Gasteiger partial charge on any atom is 0.250 e. The van der Waals surface area contributed by atoms with E-state index < -0.39 is 10.0 Å². The molecule has 3 rings (SSSR count). The molecule has 0 radical (unpaired) electrons. The van der Waals surface area contributed by atoms with Crippen molar-refractivity contribution in [3.8, 4) is 0 Å². The largest absolute Gasteiger partial charge is 0.311 e. The molecule has 1 aliphatic rings. The van der Waals surface area contributed by atoms with Crippen molar-refractivity contribution in [1.29, 1.82) is 0 Å². The third-order valence-electron chi connectivity index (χ3n) is 3.53. The molecule has 0 unspecified atom stereocenters. The van der Waals surface area contributed by atoms with E-state index in [0.29, 0.717) is 17.2 Å². The molecule has 22 heavy (non-hydrogen) atoms. The number of aryl methyl sites for hydroxylation is 1. The average Bonchev–Trinajstić information content (AvgIpc) is 3.04. The summed E-state index contributed by atoms with van der Waals surface area (Å²) >= 11 is 1.24. The number of nitrogens with zero attached hydrogens (tertiary/aromatic N) is 1. The Kier molecular flexibility index (Phi) is 4.03. The second-order valence-electron chi connectivity index (χ2n) is 5.11. The lowest BCUT2D eigenvalue weighted by Gasteiger charge is -2.17. The van der Waals surface area contributed by atoms with E-state index in [0.717, 1.165) is 16.1 Å². The molecule has 0 saturated heterocycles. The monoisotopic (exact) mass is 336 g/mol. The van der Waals surface area contributed by atoms with Crippen LogP contribution in [-0.4, -0.2) is 27.4 Å². The van der Waals surface area contributed by atoms with Crippen molar-refractivity contribution < 1.29 is 13.2 Å². The van der Waals surface area contributed by atoms with Crippen molar-refractivity contribution >= 4 is 33.0 Å². The number of amides is 1. The van der Waals surface area contributed by atoms with E-state index in [1.807, 2.05) is 31.2 Å². The van der Waals surface area contributed by atoms with Gasteiger partial charge in [0.25, 0.3) is 0 Å². The molecule has 7 heteroatoms. The van der Waals surface area contributed by atoms with Gasteiger partial charge in [-0.2, -0.15) is 0 Å². The SMILES string of the molecule is Cc1ccc(S(=O)(=O)NCCN2C(=O)Cc3ccccc32)s1. The summed E-state index contributed by atoms with van der Waals surface area (Å²) in [5.41, 5.74) is 1.86. The zero-order valence-electron chi connectivity index (χ0n) is 12.1. The molecule has 0 aliphatic carbocycles. The fourth-order valence-electron chi connectivity index (χ4n) is 2.48. The van der Waals surface area contributed by atoms with Gasteiger partial charge < -0.3 is 4.90 Å². The molecule has 116 valence electrons. The second-order valence-corrected chi connectivity index (χ2v) is 8.40. The van der Waals surface area contributed by atoms with Gasteiger partial charge in [0.15, 0.2) is 0 Å². The molecule has 1 amide bonds. The Morgan fingerprint density at radius 2 is 2.00 bits per heavy atom. The van der Waals surface area contributed by atoms with E-state index in [-0.39, 0.29) is 12.5 Å². The lowest BCUT2D eigenvalue weighted by atomic mass is 10.2. The van der Waals surface area contributed by atoms with Gasteiger partial charge in [-0.15, -0.1) is 11.3 Å². The standard InChI is InChI=1S/C15H16N2O3S2/c1-11-6-7-15(21-11)22(19,20)16-8-9-17-13-5-3-2-4-12(13)10-14(17)18/h2-7,16H,8-10H2,1H3. The predicted octanol–water partition coefficient (Wildman–Crippen LogP) is 1.92. The summed E-state index contributed by atoms with van der Waals surface area (Å²) in [6, 6.07) is 11.0. The number of hydrogen-bond donors (Lipinski definition) is 1. The molecule has 0 atom stereocenters. The molecule has 0 bridgehead atoms. The van der Waals surface area contributed by atoms with Gasteiger partial charge in [-0.1, -0.05) is 18.2 Å². The molecule has 1 aliphatic heterocycles. The molecule has 0 saturated carbocycles. The minimum absolute atomic E-state index is 0.00682. The van der Waals surface area contributed by atoms with Crippen LogP contribution in [0.3, 0.4) is 0 Å². The Hall–Kier alpha value is -1.70. The van der Waals surface area contributed by atoms with Crippen LogP contribution in [0.5, 0.6) is 0 Å². The molecule has 2 aromatic rings. The summed E-state index contributed by atoms with van der Waals surface area (Å²) in [5.74, 6) is 0.00682. The van der Waals surface area contributed by atoms with Crippen LogP contribution >= 0.6 is 11.3 Å². The minimum atomic E-state index is -3.50. The number of benzene rings is 1. The van der Waals surface area contributed by atoms with Gasteiger partial charge in [0, 0.05) is 23.7 Å². The van der Waals surface area contributed by atoms with Crippen LogP contribution in [0, 0.1) is 6.92 Å². The first kappa shape index (κ1) is 15.2. The first-order valence-electron chi connectivity index (χ1n) is 6.92. The molecule has 1 aromatic heterocycles. The molecule has 5 nitrogen and oxygen atoms in total. The minimum Gasteiger partial charge on any atom is -0.311 e. The first-order chi connectivity index (χ1) is 10.5. The number of carbonyl (C=O) groups is 1. The summed E-state index contributed by atoms with van der Waals surface area (Å²) < 4.78 is 27.1. The average molecular weight is 336 g/mol. The lowest BCUT2D eigenvalue weighted by molar-refractivity contribution is -0.117. The van der Waals surface area contributed by atoms with Gasteiger partial charge in [-0.05, 0) is 30.7 Å². The van der Waals surface area contributed by atoms with Crippen LogP contribution in [0.15, 0.2) is 40.6 Å². The fraction of sp³-hybridized carbons (Fsp3) is 0.267. The highest BCUT2D eigenvalue weighted by Gasteiger charge is 2.26. The van der Waals surface area contributed by atoms with Gasteiger partial charge in [0.1, 0.15) is 4.21 Å². The van der Waals surface area contributed by atoms with Crippen molar-refractivity contribution in [2.75, 3.05) is 18.0 Å². The van der Waals surface area contributed by atoms with Crippen molar-refractivity contribution in [1.82, 2.24) is 4.72 Å². The van der Waals surface area contributed by atoms with Gasteiger partial charge >= 0.3 is 0 Å². The zero-order chi connectivity index (χ0) is 15.7. The topological polar surface area (TPSA) is 66.5 Å². The van der Waals surface area contributed by atoms with E-state index in [9.17, 15) is 13.2 Å². The van der Waals surface area contributed by atoms with Crippen LogP contribution in [-0.2, 0) is 21.2 Å². The molecule has 0 spiro atoms. The summed E-state index contributed by atoms with van der Waals surface area (Å²) in [6.45, 7) is 2.39. The Labute approximate surface area is 133 Å². The van der Waals surface area contributed by atoms with E-state index in [1.165, 1.54) is 11.3 Å². The van der Waals surface area contributed by atoms with Crippen LogP contribution in [0.25, 0.3) is 0 Å². The third kappa shape index (κ3) is 2.92. The highest BCUT2D eigenvalue weighted by atomic mass is 32.2. The number of thiophene rings is 1. The van der Waals surface area contributed by atoms with E-state index in [2.05, 4.69) is 4.72 Å². The number of sulfonamides is 1. The normalized spacial score (nSPS) is 14.4. The second kappa shape index (κ2) is 5.83. The van der Waals surface area contributed by atoms with Crippen LogP contribution in [0.4, 0.5) is 5.69 Å². The summed E-state index contributed by atoms with van der Waals surface area (Å²) in [6.07, 6.45) is 0.382. The van der Waals surface area contributed by atoms with Crippen molar-refractivity contribution in [3.63, 3.8) is 0 Å². The smallest absolute Gasteiger partial charge is 0.250 e. The Bertz CT molecular complexity index is 812. The van der Waals surface area contributed by atoms with Crippen LogP contribution in [0.2, 0.25) is 0 Å². The van der Waals surface area contributed by atoms with E-state index >= 15 is 0 Å². The predicted molar refractivity (Wildman–Crippen MR) is 86.7 cm³/mol. The van der Waals surface area contributed by atoms with Gasteiger partial charge in [-0.3, -0.25) is 4.79 Å². The Morgan fingerprint density at radius 1 is 1.23 bits per heavy atom. The maximum atomic E-state index is 12.1. The van der Waals surface area contributed by atoms with Crippen molar-refractivity contribution in [2.24, 2.45) is 0 Å². The maximum absolute atomic E-state index is 12.1. The number of para-hydroxylation sites is 1. The molecule has 2 heterocycles. The molecule has 1 N–H and O–H groups in total. The first-order valence-corrected chi connectivity index (χ1v) is 9.22. The van der Waals surface area contributed by atoms with Gasteiger partial charge in [0.2, 0.25) is 15.9 Å². The Morgan fingerprint density at radius 3 is 2.73 bits per heavy atom. The summed E-state index contributed by atoms with van der Waals surface area (Å²) in [5, 5.41) is 0. The van der Waals surface area contributed by atoms with Crippen molar-refractivity contribution in [2.45, 2.75) is 17.6 Å². The molecule has 1 aromatic carbocycles. The molecular weight excluding hydrogens is 320 g/mol. The van der Waals surface area contributed by atoms with Gasteiger partial charge in [0.05, 0.1) is 6.42 Å². The molecular formula is C15H16N2O3S2. The summed E-state index contributed by atoms with van der Waals surface area (Å²) in [4.78, 5) is 14.6. The zero-order valence-corrected chi connectivity index (χ0v) is 13.7. The van der Waals surface area contributed by atoms with Gasteiger partial charge in [-0.25, -0.2) is 13.1 Å². The number of rotatable bonds is 5. The highest BCUT2D eigenvalue weighted by molar-refractivity contribution is 7.91. The number of anilines is 1. The number of hydrogen-bond acceptors (Lipinski definition) is 4. The summed E-state index contributed by atoms with van der Waals surface area (Å²) in [7, 11) is -3.50. The van der Waals surface area contributed by atoms with E-state index in [4.69, 9.17) is 0 Å². The number of nitrogens with one attached hydrogen (secondary N) is 1. The van der Waals surface area contributed by atoms with E-state index in [1.54, 1.807) is 17.0 Å². The highest BCUT2D eigenvalue weighted by Crippen LogP contribution is 2.28. The van der Waals surface area contributed by atoms with Crippen LogP contribution < -0.4 is 9.62 Å². The van der Waals surface area contributed by atoms with Crippen LogP contribution in [0.1, 0.15) is 10.4 Å². The van der Waals surface area contributed by atoms with Crippen molar-refractivity contribution in [3.05, 3.63) is 46.8 Å². The number of fused-ring (bicyclic) bond motifs is 1. The third-order valence-corrected chi connectivity index (χ3v) is 6.49. The fourth-order valence-corrected chi connectivity index (χ4v) is 4.83. The lowest BCUT2D eigenvalue weighted by Crippen LogP contribution is -2.36. The molecule has 0 fully saturated rings. The quantitative estimate of drug-likeness (QED) is 0.907. The Balaban J connectivity index is 1.65.